The Morgan fingerprint density at radius 1 is 1.47 bits per heavy atom. The van der Waals surface area contributed by atoms with Crippen molar-refractivity contribution in [3.05, 3.63) is 34.3 Å². The normalized spacial score (nSPS) is 10.8. The van der Waals surface area contributed by atoms with Crippen LogP contribution in [0.4, 0.5) is 0 Å². The molecule has 0 bridgehead atoms. The fraction of sp³-hybridized carbons (Fsp3) is 0.333. The van der Waals surface area contributed by atoms with E-state index in [-0.39, 0.29) is 0 Å². The van der Waals surface area contributed by atoms with Crippen molar-refractivity contribution in [1.29, 1.82) is 0 Å². The first kappa shape index (κ1) is 14.7. The molecule has 1 heterocycles. The Hall–Kier alpha value is -0.660. The predicted molar refractivity (Wildman–Crippen MR) is 79.1 cm³/mol. The second kappa shape index (κ2) is 7.81. The molecule has 102 valence electrons. The van der Waals surface area contributed by atoms with Crippen LogP contribution in [0.1, 0.15) is 5.56 Å². The van der Waals surface area contributed by atoms with Gasteiger partial charge in [0.05, 0.1) is 11.6 Å². The number of hydrogen-bond acceptors (Lipinski definition) is 6. The van der Waals surface area contributed by atoms with Gasteiger partial charge in [-0.05, 0) is 11.6 Å². The third kappa shape index (κ3) is 4.43. The summed E-state index contributed by atoms with van der Waals surface area (Å²) < 4.78 is 5.90. The molecule has 0 amide bonds. The summed E-state index contributed by atoms with van der Waals surface area (Å²) >= 11 is 9.33. The molecule has 0 unspecified atom stereocenters. The molecule has 0 aliphatic carbocycles. The summed E-state index contributed by atoms with van der Waals surface area (Å²) in [4.78, 5) is 1.03. The third-order valence-corrected chi connectivity index (χ3v) is 4.77. The van der Waals surface area contributed by atoms with Gasteiger partial charge in [-0.25, -0.2) is 0 Å². The highest BCUT2D eigenvalue weighted by atomic mass is 35.5. The van der Waals surface area contributed by atoms with Gasteiger partial charge >= 0.3 is 0 Å². The van der Waals surface area contributed by atoms with Crippen molar-refractivity contribution in [2.75, 3.05) is 20.3 Å². The first-order chi connectivity index (χ1) is 9.31. The SMILES string of the molecule is COCCNCc1cccc(Cl)c1Sc1nncs1. The predicted octanol–water partition coefficient (Wildman–Crippen LogP) is 3.08. The standard InChI is InChI=1S/C12H14ClN3OS2/c1-17-6-5-14-7-9-3-2-4-10(13)11(9)19-12-16-15-8-18-12/h2-4,8,14H,5-7H2,1H3. The number of benzene rings is 1. The summed E-state index contributed by atoms with van der Waals surface area (Å²) in [5.74, 6) is 0. The van der Waals surface area contributed by atoms with Crippen LogP contribution < -0.4 is 5.32 Å². The molecule has 0 saturated carbocycles. The van der Waals surface area contributed by atoms with Crippen LogP contribution in [0, 0.1) is 0 Å². The number of methoxy groups -OCH3 is 1. The van der Waals surface area contributed by atoms with Crippen molar-refractivity contribution in [3.8, 4) is 0 Å². The highest BCUT2D eigenvalue weighted by Gasteiger charge is 2.10. The number of halogens is 1. The van der Waals surface area contributed by atoms with Gasteiger partial charge in [0.1, 0.15) is 5.51 Å². The molecule has 7 heteroatoms. The van der Waals surface area contributed by atoms with Gasteiger partial charge in [-0.15, -0.1) is 10.2 Å². The topological polar surface area (TPSA) is 47.0 Å². The van der Waals surface area contributed by atoms with E-state index in [1.807, 2.05) is 12.1 Å². The average Bonchev–Trinajstić information content (AvgIpc) is 2.91. The summed E-state index contributed by atoms with van der Waals surface area (Å²) in [5, 5.41) is 11.9. The van der Waals surface area contributed by atoms with Gasteiger partial charge in [-0.2, -0.15) is 0 Å². The van der Waals surface area contributed by atoms with Crippen LogP contribution in [0.15, 0.2) is 32.9 Å². The molecule has 2 rings (SSSR count). The molecular formula is C12H14ClN3OS2. The van der Waals surface area contributed by atoms with Crippen molar-refractivity contribution >= 4 is 34.7 Å². The molecule has 0 aliphatic rings. The summed E-state index contributed by atoms with van der Waals surface area (Å²) in [5.41, 5.74) is 2.87. The molecule has 1 N–H and O–H groups in total. The maximum atomic E-state index is 6.27. The Morgan fingerprint density at radius 2 is 2.37 bits per heavy atom. The zero-order chi connectivity index (χ0) is 13.5. The molecule has 19 heavy (non-hydrogen) atoms. The minimum atomic E-state index is 0.694. The average molecular weight is 316 g/mol. The van der Waals surface area contributed by atoms with Crippen molar-refractivity contribution in [2.45, 2.75) is 15.8 Å². The Kier molecular flexibility index (Phi) is 6.06. The lowest BCUT2D eigenvalue weighted by Crippen LogP contribution is -2.18. The monoisotopic (exact) mass is 315 g/mol. The van der Waals surface area contributed by atoms with Gasteiger partial charge in [0, 0.05) is 25.1 Å². The molecule has 0 aliphatic heterocycles. The second-order valence-electron chi connectivity index (χ2n) is 3.70. The number of nitrogens with one attached hydrogen (secondary N) is 1. The summed E-state index contributed by atoms with van der Waals surface area (Å²) in [6, 6.07) is 5.92. The summed E-state index contributed by atoms with van der Waals surface area (Å²) in [6.45, 7) is 2.26. The lowest BCUT2D eigenvalue weighted by molar-refractivity contribution is 0.199. The maximum absolute atomic E-state index is 6.27. The van der Waals surface area contributed by atoms with E-state index >= 15 is 0 Å². The maximum Gasteiger partial charge on any atom is 0.178 e. The van der Waals surface area contributed by atoms with Crippen LogP contribution in [-0.2, 0) is 11.3 Å². The van der Waals surface area contributed by atoms with Gasteiger partial charge in [0.15, 0.2) is 4.34 Å². The van der Waals surface area contributed by atoms with Crippen LogP contribution in [0.3, 0.4) is 0 Å². The number of aromatic nitrogens is 2. The fourth-order valence-corrected chi connectivity index (χ4v) is 3.36. The van der Waals surface area contributed by atoms with Crippen molar-refractivity contribution in [3.63, 3.8) is 0 Å². The van der Waals surface area contributed by atoms with Gasteiger partial charge in [-0.1, -0.05) is 46.8 Å². The van der Waals surface area contributed by atoms with E-state index in [1.165, 1.54) is 11.3 Å². The van der Waals surface area contributed by atoms with Gasteiger partial charge in [0.2, 0.25) is 0 Å². The van der Waals surface area contributed by atoms with E-state index in [1.54, 1.807) is 24.4 Å². The molecule has 1 aromatic carbocycles. The molecule has 1 aromatic heterocycles. The second-order valence-corrected chi connectivity index (χ2v) is 6.20. The minimum absolute atomic E-state index is 0.694. The van der Waals surface area contributed by atoms with Crippen molar-refractivity contribution in [2.24, 2.45) is 0 Å². The molecule has 2 aromatic rings. The minimum Gasteiger partial charge on any atom is -0.383 e. The Labute approximate surface area is 125 Å². The van der Waals surface area contributed by atoms with Crippen LogP contribution >= 0.6 is 34.7 Å². The van der Waals surface area contributed by atoms with Crippen LogP contribution in [-0.4, -0.2) is 30.5 Å². The van der Waals surface area contributed by atoms with E-state index in [0.717, 1.165) is 32.9 Å². The van der Waals surface area contributed by atoms with E-state index < -0.39 is 0 Å². The first-order valence-corrected chi connectivity index (χ1v) is 7.79. The zero-order valence-electron chi connectivity index (χ0n) is 10.4. The van der Waals surface area contributed by atoms with Gasteiger partial charge in [0.25, 0.3) is 0 Å². The van der Waals surface area contributed by atoms with Gasteiger partial charge < -0.3 is 10.1 Å². The van der Waals surface area contributed by atoms with Crippen LogP contribution in [0.5, 0.6) is 0 Å². The van der Waals surface area contributed by atoms with E-state index in [4.69, 9.17) is 16.3 Å². The molecule has 0 saturated heterocycles. The van der Waals surface area contributed by atoms with Crippen LogP contribution in [0.25, 0.3) is 0 Å². The van der Waals surface area contributed by atoms with E-state index in [2.05, 4.69) is 21.6 Å². The largest absolute Gasteiger partial charge is 0.383 e. The van der Waals surface area contributed by atoms with E-state index in [0.29, 0.717) is 6.61 Å². The Morgan fingerprint density at radius 3 is 3.11 bits per heavy atom. The molecule has 0 atom stereocenters. The lowest BCUT2D eigenvalue weighted by atomic mass is 10.2. The molecular weight excluding hydrogens is 302 g/mol. The fourth-order valence-electron chi connectivity index (χ4n) is 1.50. The van der Waals surface area contributed by atoms with Crippen molar-refractivity contribution < 1.29 is 4.74 Å². The number of rotatable bonds is 7. The number of hydrogen-bond donors (Lipinski definition) is 1. The first-order valence-electron chi connectivity index (χ1n) is 5.72. The summed E-state index contributed by atoms with van der Waals surface area (Å²) in [6.07, 6.45) is 0. The summed E-state index contributed by atoms with van der Waals surface area (Å²) in [7, 11) is 1.69. The number of ether oxygens (including phenoxy) is 1. The molecule has 4 nitrogen and oxygen atoms in total. The Bertz CT molecular complexity index is 508. The molecule has 0 radical (unpaired) electrons. The van der Waals surface area contributed by atoms with Crippen LogP contribution in [0.2, 0.25) is 5.02 Å². The highest BCUT2D eigenvalue weighted by Crippen LogP contribution is 2.36. The zero-order valence-corrected chi connectivity index (χ0v) is 12.8. The van der Waals surface area contributed by atoms with Gasteiger partial charge in [-0.3, -0.25) is 0 Å². The lowest BCUT2D eigenvalue weighted by Gasteiger charge is -2.10. The smallest absolute Gasteiger partial charge is 0.178 e. The highest BCUT2D eigenvalue weighted by molar-refractivity contribution is 8.01. The molecule has 0 spiro atoms. The van der Waals surface area contributed by atoms with Crippen molar-refractivity contribution in [1.82, 2.24) is 15.5 Å². The third-order valence-electron chi connectivity index (χ3n) is 2.38. The Balaban J connectivity index is 2.07. The molecule has 0 fully saturated rings. The quantitative estimate of drug-likeness (QED) is 0.796. The van der Waals surface area contributed by atoms with E-state index in [9.17, 15) is 0 Å². The number of nitrogens with zero attached hydrogens (tertiary/aromatic N) is 2.